The number of nitrogens with one attached hydrogen (secondary N) is 2. The third kappa shape index (κ3) is 3.94. The molecule has 1 aliphatic carbocycles. The summed E-state index contributed by atoms with van der Waals surface area (Å²) in [5.41, 5.74) is 0. The molecule has 1 heterocycles. The van der Waals surface area contributed by atoms with Gasteiger partial charge in [0.05, 0.1) is 19.3 Å². The van der Waals surface area contributed by atoms with Gasteiger partial charge in [0.2, 0.25) is 5.91 Å². The van der Waals surface area contributed by atoms with Crippen molar-refractivity contribution < 1.29 is 14.3 Å². The predicted molar refractivity (Wildman–Crippen MR) is 63.8 cm³/mol. The average molecular weight is 242 g/mol. The van der Waals surface area contributed by atoms with Crippen LogP contribution in [0.25, 0.3) is 0 Å². The van der Waals surface area contributed by atoms with Crippen LogP contribution in [0.2, 0.25) is 0 Å². The van der Waals surface area contributed by atoms with E-state index in [-0.39, 0.29) is 18.0 Å². The molecule has 2 rings (SSSR count). The van der Waals surface area contributed by atoms with E-state index in [1.807, 2.05) is 0 Å². The standard InChI is InChI=1S/C12H22N2O3/c1-16-11-3-2-9(6-11)14-12(15)7-10-8-17-5-4-13-10/h9-11,13H,2-8H2,1H3,(H,14,15). The SMILES string of the molecule is COC1CCC(NC(=O)CC2COCCN2)C1. The molecule has 1 saturated heterocycles. The van der Waals surface area contributed by atoms with Crippen molar-refractivity contribution in [3.8, 4) is 0 Å². The van der Waals surface area contributed by atoms with Gasteiger partial charge >= 0.3 is 0 Å². The number of rotatable bonds is 4. The van der Waals surface area contributed by atoms with Crippen molar-refractivity contribution >= 4 is 5.91 Å². The number of amides is 1. The molecule has 2 N–H and O–H groups in total. The molecule has 2 fully saturated rings. The molecule has 3 atom stereocenters. The second-order valence-electron chi connectivity index (χ2n) is 4.87. The smallest absolute Gasteiger partial charge is 0.221 e. The second-order valence-corrected chi connectivity index (χ2v) is 4.87. The highest BCUT2D eigenvalue weighted by Gasteiger charge is 2.26. The molecule has 0 radical (unpaired) electrons. The first-order chi connectivity index (χ1) is 8.28. The number of carbonyl (C=O) groups excluding carboxylic acids is 1. The van der Waals surface area contributed by atoms with E-state index in [0.717, 1.165) is 32.4 Å². The van der Waals surface area contributed by atoms with Crippen LogP contribution in [0.4, 0.5) is 0 Å². The Kier molecular flexibility index (Phi) is 4.76. The monoisotopic (exact) mass is 242 g/mol. The summed E-state index contributed by atoms with van der Waals surface area (Å²) in [7, 11) is 1.73. The van der Waals surface area contributed by atoms with E-state index < -0.39 is 0 Å². The van der Waals surface area contributed by atoms with Gasteiger partial charge in [0.1, 0.15) is 0 Å². The van der Waals surface area contributed by atoms with E-state index >= 15 is 0 Å². The Bertz CT molecular complexity index is 254. The normalized spacial score (nSPS) is 33.6. The van der Waals surface area contributed by atoms with Crippen LogP contribution in [0.5, 0.6) is 0 Å². The van der Waals surface area contributed by atoms with Crippen molar-refractivity contribution in [3.05, 3.63) is 0 Å². The lowest BCUT2D eigenvalue weighted by Gasteiger charge is -2.24. The Balaban J connectivity index is 1.66. The van der Waals surface area contributed by atoms with Crippen molar-refractivity contribution in [2.75, 3.05) is 26.9 Å². The van der Waals surface area contributed by atoms with Crippen molar-refractivity contribution in [3.63, 3.8) is 0 Å². The van der Waals surface area contributed by atoms with Gasteiger partial charge < -0.3 is 20.1 Å². The molecule has 2 aliphatic rings. The topological polar surface area (TPSA) is 59.6 Å². The van der Waals surface area contributed by atoms with Crippen molar-refractivity contribution in [1.29, 1.82) is 0 Å². The van der Waals surface area contributed by atoms with Crippen molar-refractivity contribution in [2.24, 2.45) is 0 Å². The third-order valence-electron chi connectivity index (χ3n) is 3.51. The van der Waals surface area contributed by atoms with Crippen LogP contribution in [-0.2, 0) is 14.3 Å². The van der Waals surface area contributed by atoms with Crippen LogP contribution in [0.15, 0.2) is 0 Å². The van der Waals surface area contributed by atoms with E-state index in [9.17, 15) is 4.79 Å². The number of hydrogen-bond donors (Lipinski definition) is 2. The molecule has 3 unspecified atom stereocenters. The molecule has 1 saturated carbocycles. The maximum atomic E-state index is 11.8. The van der Waals surface area contributed by atoms with Crippen LogP contribution in [0, 0.1) is 0 Å². The molecular formula is C12H22N2O3. The molecule has 1 aliphatic heterocycles. The average Bonchev–Trinajstić information content (AvgIpc) is 2.78. The molecule has 5 heteroatoms. The minimum Gasteiger partial charge on any atom is -0.381 e. The van der Waals surface area contributed by atoms with E-state index in [2.05, 4.69) is 10.6 Å². The summed E-state index contributed by atoms with van der Waals surface area (Å²) in [6.07, 6.45) is 3.84. The van der Waals surface area contributed by atoms with E-state index in [0.29, 0.717) is 19.1 Å². The summed E-state index contributed by atoms with van der Waals surface area (Å²) in [5.74, 6) is 0.120. The first kappa shape index (κ1) is 12.8. The fraction of sp³-hybridized carbons (Fsp3) is 0.917. The van der Waals surface area contributed by atoms with E-state index in [1.165, 1.54) is 0 Å². The molecule has 0 aromatic carbocycles. The minimum atomic E-state index is 0.120. The molecule has 5 nitrogen and oxygen atoms in total. The zero-order valence-corrected chi connectivity index (χ0v) is 10.4. The van der Waals surface area contributed by atoms with Gasteiger partial charge in [-0.3, -0.25) is 4.79 Å². The number of methoxy groups -OCH3 is 1. The first-order valence-corrected chi connectivity index (χ1v) is 6.41. The zero-order chi connectivity index (χ0) is 12.1. The Labute approximate surface area is 102 Å². The Morgan fingerprint density at radius 2 is 2.41 bits per heavy atom. The highest BCUT2D eigenvalue weighted by Crippen LogP contribution is 2.21. The first-order valence-electron chi connectivity index (χ1n) is 6.41. The van der Waals surface area contributed by atoms with Gasteiger partial charge in [0.15, 0.2) is 0 Å². The van der Waals surface area contributed by atoms with Crippen LogP contribution in [0.3, 0.4) is 0 Å². The van der Waals surface area contributed by atoms with E-state index in [4.69, 9.17) is 9.47 Å². The van der Waals surface area contributed by atoms with Gasteiger partial charge in [-0.15, -0.1) is 0 Å². The molecule has 0 aromatic heterocycles. The summed E-state index contributed by atoms with van der Waals surface area (Å²) < 4.78 is 10.6. The number of carbonyl (C=O) groups is 1. The maximum absolute atomic E-state index is 11.8. The van der Waals surface area contributed by atoms with Gasteiger partial charge in [0.25, 0.3) is 0 Å². The van der Waals surface area contributed by atoms with E-state index in [1.54, 1.807) is 7.11 Å². The number of ether oxygens (including phenoxy) is 2. The highest BCUT2D eigenvalue weighted by atomic mass is 16.5. The van der Waals surface area contributed by atoms with Crippen LogP contribution in [-0.4, -0.2) is 51.0 Å². The Hall–Kier alpha value is -0.650. The highest BCUT2D eigenvalue weighted by molar-refractivity contribution is 5.77. The molecule has 1 amide bonds. The molecule has 0 spiro atoms. The van der Waals surface area contributed by atoms with Crippen LogP contribution in [0.1, 0.15) is 25.7 Å². The predicted octanol–water partition coefficient (Wildman–Crippen LogP) is 0.0486. The van der Waals surface area contributed by atoms with Crippen LogP contribution >= 0.6 is 0 Å². The summed E-state index contributed by atoms with van der Waals surface area (Å²) in [6, 6.07) is 0.459. The van der Waals surface area contributed by atoms with Gasteiger partial charge in [-0.1, -0.05) is 0 Å². The summed E-state index contributed by atoms with van der Waals surface area (Å²) >= 11 is 0. The summed E-state index contributed by atoms with van der Waals surface area (Å²) in [6.45, 7) is 2.22. The maximum Gasteiger partial charge on any atom is 0.221 e. The fourth-order valence-corrected chi connectivity index (χ4v) is 2.55. The second kappa shape index (κ2) is 6.33. The molecule has 0 aromatic rings. The fourth-order valence-electron chi connectivity index (χ4n) is 2.55. The lowest BCUT2D eigenvalue weighted by Crippen LogP contribution is -2.45. The summed E-state index contributed by atoms with van der Waals surface area (Å²) in [5, 5.41) is 6.36. The molecule has 17 heavy (non-hydrogen) atoms. The molecular weight excluding hydrogens is 220 g/mol. The van der Waals surface area contributed by atoms with Crippen LogP contribution < -0.4 is 10.6 Å². The van der Waals surface area contributed by atoms with Gasteiger partial charge in [-0.05, 0) is 19.3 Å². The Morgan fingerprint density at radius 3 is 3.06 bits per heavy atom. The van der Waals surface area contributed by atoms with Gasteiger partial charge in [-0.25, -0.2) is 0 Å². The van der Waals surface area contributed by atoms with Crippen molar-refractivity contribution in [2.45, 2.75) is 43.9 Å². The quantitative estimate of drug-likeness (QED) is 0.731. The molecule has 0 bridgehead atoms. The van der Waals surface area contributed by atoms with Gasteiger partial charge in [0, 0.05) is 32.2 Å². The third-order valence-corrected chi connectivity index (χ3v) is 3.51. The zero-order valence-electron chi connectivity index (χ0n) is 10.4. The Morgan fingerprint density at radius 1 is 1.53 bits per heavy atom. The lowest BCUT2D eigenvalue weighted by atomic mass is 10.1. The number of hydrogen-bond acceptors (Lipinski definition) is 4. The molecule has 98 valence electrons. The largest absolute Gasteiger partial charge is 0.381 e. The van der Waals surface area contributed by atoms with Crippen molar-refractivity contribution in [1.82, 2.24) is 10.6 Å². The lowest BCUT2D eigenvalue weighted by molar-refractivity contribution is -0.123. The summed E-state index contributed by atoms with van der Waals surface area (Å²) in [4.78, 5) is 11.8. The minimum absolute atomic E-state index is 0.120. The van der Waals surface area contributed by atoms with Gasteiger partial charge in [-0.2, -0.15) is 0 Å². The number of morpholine rings is 1.